The number of benzene rings is 1. The second-order valence-electron chi connectivity index (χ2n) is 6.83. The Labute approximate surface area is 162 Å². The number of nitrogens with one attached hydrogen (secondary N) is 1. The second-order valence-corrected chi connectivity index (χ2v) is 9.06. The first-order chi connectivity index (χ1) is 13.2. The van der Waals surface area contributed by atoms with Crippen LogP contribution in [-0.2, 0) is 29.0 Å². The highest BCUT2D eigenvalue weighted by Crippen LogP contribution is 2.22. The lowest BCUT2D eigenvalue weighted by Crippen LogP contribution is -2.42. The van der Waals surface area contributed by atoms with Gasteiger partial charge < -0.3 is 10.1 Å². The number of carbonyl (C=O) groups is 3. The van der Waals surface area contributed by atoms with Crippen molar-refractivity contribution in [3.8, 4) is 0 Å². The Hall–Kier alpha value is -2.75. The van der Waals surface area contributed by atoms with E-state index in [4.69, 9.17) is 4.74 Å². The van der Waals surface area contributed by atoms with Crippen molar-refractivity contribution in [1.82, 2.24) is 5.01 Å². The van der Waals surface area contributed by atoms with Crippen LogP contribution in [0.5, 0.6) is 0 Å². The summed E-state index contributed by atoms with van der Waals surface area (Å²) >= 11 is 0. The fourth-order valence-electron chi connectivity index (χ4n) is 3.02. The van der Waals surface area contributed by atoms with Crippen molar-refractivity contribution in [2.24, 2.45) is 5.10 Å². The first kappa shape index (κ1) is 20.0. The minimum atomic E-state index is -3.19. The molecule has 150 valence electrons. The van der Waals surface area contributed by atoms with E-state index in [9.17, 15) is 22.8 Å². The van der Waals surface area contributed by atoms with E-state index in [0.29, 0.717) is 12.1 Å². The van der Waals surface area contributed by atoms with E-state index in [1.54, 1.807) is 12.1 Å². The van der Waals surface area contributed by atoms with Gasteiger partial charge in [0.15, 0.2) is 16.4 Å². The minimum Gasteiger partial charge on any atom is -0.451 e. The molecule has 1 saturated heterocycles. The molecule has 0 aliphatic carbocycles. The molecule has 10 heteroatoms. The van der Waals surface area contributed by atoms with Gasteiger partial charge in [-0.15, -0.1) is 0 Å². The number of hydrogen-bond donors (Lipinski definition) is 1. The quantitative estimate of drug-likeness (QED) is 0.715. The highest BCUT2D eigenvalue weighted by Gasteiger charge is 2.37. The number of esters is 1. The van der Waals surface area contributed by atoms with Gasteiger partial charge in [0, 0.05) is 18.5 Å². The first-order valence-corrected chi connectivity index (χ1v) is 10.7. The zero-order valence-electron chi connectivity index (χ0n) is 15.4. The molecule has 1 fully saturated rings. The molecule has 0 bridgehead atoms. The van der Waals surface area contributed by atoms with Crippen molar-refractivity contribution in [1.29, 1.82) is 0 Å². The predicted molar refractivity (Wildman–Crippen MR) is 101 cm³/mol. The lowest BCUT2D eigenvalue weighted by Gasteiger charge is -2.27. The molecule has 0 spiro atoms. The molecule has 0 saturated carbocycles. The van der Waals surface area contributed by atoms with Crippen LogP contribution in [0.3, 0.4) is 0 Å². The zero-order chi connectivity index (χ0) is 20.3. The van der Waals surface area contributed by atoms with Crippen molar-refractivity contribution in [3.63, 3.8) is 0 Å². The van der Waals surface area contributed by atoms with E-state index in [1.165, 1.54) is 0 Å². The van der Waals surface area contributed by atoms with Crippen molar-refractivity contribution in [2.45, 2.75) is 32.2 Å². The average Bonchev–Trinajstić information content (AvgIpc) is 3.01. The standard InChI is InChI=1S/C18H21N3O6S/c1-12-2-4-13(5-3-12)19-16(22)10-27-18(24)15-6-7-17(23)21(20-15)14-8-9-28(25,26)11-14/h2-5,14H,6-11H2,1H3,(H,19,22)/t14-/m0/s1. The number of anilines is 1. The molecule has 2 heterocycles. The number of amides is 2. The predicted octanol–water partition coefficient (Wildman–Crippen LogP) is 0.642. The largest absolute Gasteiger partial charge is 0.451 e. The van der Waals surface area contributed by atoms with Crippen LogP contribution < -0.4 is 5.32 Å². The SMILES string of the molecule is Cc1ccc(NC(=O)COC(=O)C2=NN([C@H]3CCS(=O)(=O)C3)C(=O)CC2)cc1. The average molecular weight is 407 g/mol. The molecule has 1 N–H and O–H groups in total. The van der Waals surface area contributed by atoms with E-state index in [2.05, 4.69) is 10.4 Å². The lowest BCUT2D eigenvalue weighted by molar-refractivity contribution is -0.141. The van der Waals surface area contributed by atoms with E-state index in [1.807, 2.05) is 19.1 Å². The first-order valence-electron chi connectivity index (χ1n) is 8.87. The van der Waals surface area contributed by atoms with Gasteiger partial charge in [0.1, 0.15) is 5.71 Å². The molecular formula is C18H21N3O6S. The summed E-state index contributed by atoms with van der Waals surface area (Å²) in [5, 5.41) is 7.70. The summed E-state index contributed by atoms with van der Waals surface area (Å²) < 4.78 is 28.2. The summed E-state index contributed by atoms with van der Waals surface area (Å²) in [5.74, 6) is -1.78. The van der Waals surface area contributed by atoms with Crippen LogP contribution >= 0.6 is 0 Å². The van der Waals surface area contributed by atoms with Gasteiger partial charge in [-0.3, -0.25) is 9.59 Å². The van der Waals surface area contributed by atoms with Gasteiger partial charge in [-0.1, -0.05) is 17.7 Å². The number of rotatable bonds is 5. The Morgan fingerprint density at radius 1 is 1.25 bits per heavy atom. The minimum absolute atomic E-state index is 0.00404. The van der Waals surface area contributed by atoms with Crippen LogP contribution in [0.15, 0.2) is 29.4 Å². The maximum atomic E-state index is 12.2. The van der Waals surface area contributed by atoms with Gasteiger partial charge >= 0.3 is 5.97 Å². The highest BCUT2D eigenvalue weighted by atomic mass is 32.2. The Bertz CT molecular complexity index is 923. The molecule has 0 unspecified atom stereocenters. The van der Waals surface area contributed by atoms with E-state index >= 15 is 0 Å². The summed E-state index contributed by atoms with van der Waals surface area (Å²) in [5.41, 5.74) is 1.64. The summed E-state index contributed by atoms with van der Waals surface area (Å²) in [4.78, 5) is 36.2. The molecule has 9 nitrogen and oxygen atoms in total. The maximum Gasteiger partial charge on any atom is 0.355 e. The Morgan fingerprint density at radius 2 is 1.96 bits per heavy atom. The fraction of sp³-hybridized carbons (Fsp3) is 0.444. The fourth-order valence-corrected chi connectivity index (χ4v) is 4.71. The number of aryl methyl sites for hydroxylation is 1. The van der Waals surface area contributed by atoms with Gasteiger partial charge in [0.2, 0.25) is 5.91 Å². The molecule has 0 radical (unpaired) electrons. The monoisotopic (exact) mass is 407 g/mol. The third-order valence-corrected chi connectivity index (χ3v) is 6.27. The summed E-state index contributed by atoms with van der Waals surface area (Å²) in [6.07, 6.45) is 0.423. The Kier molecular flexibility index (Phi) is 5.78. The molecule has 1 aromatic rings. The third-order valence-electron chi connectivity index (χ3n) is 4.52. The number of hydrogen-bond acceptors (Lipinski definition) is 7. The zero-order valence-corrected chi connectivity index (χ0v) is 16.2. The molecule has 2 aliphatic heterocycles. The normalized spacial score (nSPS) is 21.2. The van der Waals surface area contributed by atoms with Gasteiger partial charge in [-0.25, -0.2) is 18.2 Å². The molecule has 28 heavy (non-hydrogen) atoms. The van der Waals surface area contributed by atoms with Crippen molar-refractivity contribution in [2.75, 3.05) is 23.4 Å². The smallest absolute Gasteiger partial charge is 0.355 e. The molecule has 2 amide bonds. The van der Waals surface area contributed by atoms with Crippen LogP contribution in [0.4, 0.5) is 5.69 Å². The van der Waals surface area contributed by atoms with Crippen LogP contribution in [0.2, 0.25) is 0 Å². The summed E-state index contributed by atoms with van der Waals surface area (Å²) in [6, 6.07) is 6.59. The van der Waals surface area contributed by atoms with Crippen LogP contribution in [0.1, 0.15) is 24.8 Å². The van der Waals surface area contributed by atoms with Gasteiger partial charge in [-0.05, 0) is 25.5 Å². The molecule has 1 aromatic carbocycles. The topological polar surface area (TPSA) is 122 Å². The van der Waals surface area contributed by atoms with Crippen molar-refractivity contribution >= 4 is 39.0 Å². The van der Waals surface area contributed by atoms with E-state index in [0.717, 1.165) is 10.6 Å². The van der Waals surface area contributed by atoms with Crippen LogP contribution in [-0.4, -0.2) is 61.1 Å². The van der Waals surface area contributed by atoms with Crippen molar-refractivity contribution in [3.05, 3.63) is 29.8 Å². The Morgan fingerprint density at radius 3 is 2.61 bits per heavy atom. The van der Waals surface area contributed by atoms with Gasteiger partial charge in [0.25, 0.3) is 5.91 Å². The number of hydrazone groups is 1. The van der Waals surface area contributed by atoms with Gasteiger partial charge in [-0.2, -0.15) is 5.10 Å². The molecule has 3 rings (SSSR count). The van der Waals surface area contributed by atoms with Gasteiger partial charge in [0.05, 0.1) is 17.5 Å². The second kappa shape index (κ2) is 8.09. The number of carbonyl (C=O) groups excluding carboxylic acids is 3. The molecular weight excluding hydrogens is 386 g/mol. The summed E-state index contributed by atoms with van der Waals surface area (Å²) in [6.45, 7) is 1.44. The Balaban J connectivity index is 1.57. The number of sulfone groups is 1. The molecule has 2 aliphatic rings. The highest BCUT2D eigenvalue weighted by molar-refractivity contribution is 7.91. The third kappa shape index (κ3) is 4.94. The van der Waals surface area contributed by atoms with Crippen LogP contribution in [0.25, 0.3) is 0 Å². The molecule has 0 aromatic heterocycles. The maximum absolute atomic E-state index is 12.2. The lowest BCUT2D eigenvalue weighted by atomic mass is 10.1. The van der Waals surface area contributed by atoms with Crippen LogP contribution in [0, 0.1) is 6.92 Å². The number of nitrogens with zero attached hydrogens (tertiary/aromatic N) is 2. The molecule has 1 atom stereocenters. The van der Waals surface area contributed by atoms with Crippen molar-refractivity contribution < 1.29 is 27.5 Å². The summed E-state index contributed by atoms with van der Waals surface area (Å²) in [7, 11) is -3.19. The van der Waals surface area contributed by atoms with E-state index < -0.39 is 34.4 Å². The van der Waals surface area contributed by atoms with E-state index in [-0.39, 0.29) is 36.0 Å². The number of ether oxygens (including phenoxy) is 1.